The van der Waals surface area contributed by atoms with Gasteiger partial charge in [0, 0.05) is 38.3 Å². The second-order valence-electron chi connectivity index (χ2n) is 9.60. The number of aromatic nitrogens is 3. The molecule has 3 aromatic heterocycles. The smallest absolute Gasteiger partial charge is 0.281 e. The largest absolute Gasteiger partial charge is 0.438 e. The third kappa shape index (κ3) is 5.13. The molecular weight excluding hydrogens is 512 g/mol. The third-order valence-electron chi connectivity index (χ3n) is 6.48. The Kier molecular flexibility index (Phi) is 6.69. The lowest BCUT2D eigenvalue weighted by Gasteiger charge is -2.16. The SMILES string of the molecule is Cc1cc(C)c(Oc2nc(-c3cccc4c3ccn4C)ccc2C(=O)NS(=O)(=O)c2cccc(C)n2)c(C)c1.[HH].[HH]. The van der Waals surface area contributed by atoms with Crippen LogP contribution in [0.4, 0.5) is 0 Å². The zero-order valence-corrected chi connectivity index (χ0v) is 23.1. The topological polar surface area (TPSA) is 103 Å². The number of fused-ring (bicyclic) bond motifs is 1. The number of hydrogen-bond acceptors (Lipinski definition) is 6. The van der Waals surface area contributed by atoms with Crippen LogP contribution in [0, 0.1) is 27.7 Å². The number of rotatable bonds is 6. The van der Waals surface area contributed by atoms with E-state index in [0.29, 0.717) is 17.1 Å². The molecule has 0 saturated carbocycles. The summed E-state index contributed by atoms with van der Waals surface area (Å²) < 4.78 is 36.3. The number of carbonyl (C=O) groups excluding carboxylic acids is 1. The van der Waals surface area contributed by atoms with Crippen LogP contribution in [0.1, 0.15) is 35.6 Å². The lowest BCUT2D eigenvalue weighted by Crippen LogP contribution is -2.31. The predicted octanol–water partition coefficient (Wildman–Crippen LogP) is 6.27. The van der Waals surface area contributed by atoms with Crippen molar-refractivity contribution in [2.24, 2.45) is 7.05 Å². The Hall–Kier alpha value is -4.50. The number of carbonyl (C=O) groups is 1. The number of nitrogens with zero attached hydrogens (tertiary/aromatic N) is 3. The first-order valence-corrected chi connectivity index (χ1v) is 13.8. The minimum atomic E-state index is -4.23. The molecule has 0 aliphatic heterocycles. The fourth-order valence-corrected chi connectivity index (χ4v) is 5.67. The van der Waals surface area contributed by atoms with E-state index in [-0.39, 0.29) is 19.3 Å². The summed E-state index contributed by atoms with van der Waals surface area (Å²) in [5.41, 5.74) is 5.78. The molecule has 0 bridgehead atoms. The number of ether oxygens (including phenoxy) is 1. The second kappa shape index (κ2) is 9.99. The quantitative estimate of drug-likeness (QED) is 0.270. The number of benzene rings is 2. The van der Waals surface area contributed by atoms with Gasteiger partial charge in [-0.2, -0.15) is 8.42 Å². The van der Waals surface area contributed by atoms with Gasteiger partial charge in [0.05, 0.1) is 5.69 Å². The molecule has 0 atom stereocenters. The van der Waals surface area contributed by atoms with Gasteiger partial charge in [0.2, 0.25) is 5.88 Å². The van der Waals surface area contributed by atoms with Crippen molar-refractivity contribution in [1.82, 2.24) is 19.3 Å². The molecule has 0 fully saturated rings. The van der Waals surface area contributed by atoms with Crippen molar-refractivity contribution >= 4 is 26.8 Å². The van der Waals surface area contributed by atoms with E-state index in [1.54, 1.807) is 25.1 Å². The van der Waals surface area contributed by atoms with Gasteiger partial charge in [-0.3, -0.25) is 4.79 Å². The minimum Gasteiger partial charge on any atom is -0.438 e. The van der Waals surface area contributed by atoms with Crippen LogP contribution in [0.25, 0.3) is 22.2 Å². The van der Waals surface area contributed by atoms with E-state index in [1.807, 2.05) is 75.0 Å². The van der Waals surface area contributed by atoms with Crippen molar-refractivity contribution in [2.45, 2.75) is 32.7 Å². The van der Waals surface area contributed by atoms with Gasteiger partial charge >= 0.3 is 0 Å². The molecule has 1 N–H and O–H groups in total. The van der Waals surface area contributed by atoms with E-state index >= 15 is 0 Å². The van der Waals surface area contributed by atoms with Crippen LogP contribution in [0.2, 0.25) is 0 Å². The molecule has 2 aromatic carbocycles. The number of nitrogens with one attached hydrogen (secondary N) is 1. The van der Waals surface area contributed by atoms with Crippen molar-refractivity contribution in [1.29, 1.82) is 0 Å². The van der Waals surface area contributed by atoms with Crippen LogP contribution < -0.4 is 9.46 Å². The van der Waals surface area contributed by atoms with Crippen LogP contribution in [0.5, 0.6) is 11.6 Å². The number of amides is 1. The molecule has 0 radical (unpaired) electrons. The Morgan fingerprint density at radius 3 is 2.36 bits per heavy atom. The fraction of sp³-hybridized carbons (Fsp3) is 0.167. The van der Waals surface area contributed by atoms with Gasteiger partial charge in [-0.25, -0.2) is 14.7 Å². The van der Waals surface area contributed by atoms with Crippen LogP contribution in [-0.4, -0.2) is 28.9 Å². The lowest BCUT2D eigenvalue weighted by atomic mass is 10.1. The summed E-state index contributed by atoms with van der Waals surface area (Å²) in [6, 6.07) is 19.7. The standard InChI is InChI=1S/C30H28N4O4S.2H2/c1-18-16-19(2)28(20(3)17-18)38-30-24(29(35)33-39(36,37)27-11-6-8-21(4)31-27)12-13-25(32-30)22-9-7-10-26-23(22)14-15-34(26)5;;/h6-17H,1-5H3,(H,33,35);2*1H. The number of pyridine rings is 2. The highest BCUT2D eigenvalue weighted by molar-refractivity contribution is 7.90. The van der Waals surface area contributed by atoms with Crippen LogP contribution >= 0.6 is 0 Å². The summed E-state index contributed by atoms with van der Waals surface area (Å²) >= 11 is 0. The average Bonchev–Trinajstić information content (AvgIpc) is 3.26. The number of sulfonamides is 1. The summed E-state index contributed by atoms with van der Waals surface area (Å²) in [5, 5.41) is 0.746. The van der Waals surface area contributed by atoms with Crippen LogP contribution in [-0.2, 0) is 17.1 Å². The molecule has 5 rings (SSSR count). The molecule has 9 heteroatoms. The maximum atomic E-state index is 13.4. The number of aryl methyl sites for hydroxylation is 5. The van der Waals surface area contributed by atoms with E-state index in [4.69, 9.17) is 9.72 Å². The van der Waals surface area contributed by atoms with Crippen LogP contribution in [0.15, 0.2) is 78.0 Å². The van der Waals surface area contributed by atoms with Gasteiger partial charge in [0.25, 0.3) is 15.9 Å². The Balaban J connectivity index is 0.00000231. The van der Waals surface area contributed by atoms with Gasteiger partial charge in [-0.05, 0) is 75.2 Å². The molecule has 0 spiro atoms. The lowest BCUT2D eigenvalue weighted by molar-refractivity contribution is 0.0978. The monoisotopic (exact) mass is 544 g/mol. The Morgan fingerprint density at radius 2 is 1.64 bits per heavy atom. The molecule has 0 aliphatic rings. The zero-order chi connectivity index (χ0) is 27.9. The maximum Gasteiger partial charge on any atom is 0.281 e. The summed E-state index contributed by atoms with van der Waals surface area (Å²) in [7, 11) is -2.26. The third-order valence-corrected chi connectivity index (χ3v) is 7.71. The van der Waals surface area contributed by atoms with Gasteiger partial charge < -0.3 is 9.30 Å². The first-order chi connectivity index (χ1) is 18.5. The van der Waals surface area contributed by atoms with Crippen molar-refractivity contribution in [3.05, 3.63) is 101 Å². The van der Waals surface area contributed by atoms with Gasteiger partial charge in [0.15, 0.2) is 5.03 Å². The fourth-order valence-electron chi connectivity index (χ4n) is 4.69. The summed E-state index contributed by atoms with van der Waals surface area (Å²) in [6.07, 6.45) is 1.97. The molecule has 3 heterocycles. The summed E-state index contributed by atoms with van der Waals surface area (Å²) in [4.78, 5) is 22.2. The van der Waals surface area contributed by atoms with Crippen molar-refractivity contribution < 1.29 is 20.8 Å². The maximum absolute atomic E-state index is 13.4. The molecule has 1 amide bonds. The van der Waals surface area contributed by atoms with E-state index in [1.165, 1.54) is 12.1 Å². The second-order valence-corrected chi connectivity index (χ2v) is 11.2. The normalized spacial score (nSPS) is 11.5. The molecule has 202 valence electrons. The molecule has 39 heavy (non-hydrogen) atoms. The van der Waals surface area contributed by atoms with E-state index < -0.39 is 15.9 Å². The highest BCUT2D eigenvalue weighted by Gasteiger charge is 2.25. The zero-order valence-electron chi connectivity index (χ0n) is 22.3. The van der Waals surface area contributed by atoms with Gasteiger partial charge in [-0.1, -0.05) is 35.9 Å². The molecule has 8 nitrogen and oxygen atoms in total. The number of hydrogen-bond donors (Lipinski definition) is 1. The minimum absolute atomic E-state index is 0. The Morgan fingerprint density at radius 1 is 0.923 bits per heavy atom. The first kappa shape index (κ1) is 26.1. The van der Waals surface area contributed by atoms with E-state index in [0.717, 1.165) is 33.2 Å². The summed E-state index contributed by atoms with van der Waals surface area (Å²) in [5.74, 6) is -0.312. The molecule has 0 saturated heterocycles. The first-order valence-electron chi connectivity index (χ1n) is 12.4. The molecular formula is C30H32N4O4S. The van der Waals surface area contributed by atoms with E-state index in [9.17, 15) is 13.2 Å². The van der Waals surface area contributed by atoms with Crippen molar-refractivity contribution in [3.8, 4) is 22.9 Å². The highest BCUT2D eigenvalue weighted by Crippen LogP contribution is 2.34. The summed E-state index contributed by atoms with van der Waals surface area (Å²) in [6.45, 7) is 7.50. The molecule has 5 aromatic rings. The predicted molar refractivity (Wildman–Crippen MR) is 155 cm³/mol. The molecule has 0 unspecified atom stereocenters. The average molecular weight is 545 g/mol. The van der Waals surface area contributed by atoms with Gasteiger partial charge in [-0.15, -0.1) is 0 Å². The van der Waals surface area contributed by atoms with E-state index in [2.05, 4.69) is 9.71 Å². The van der Waals surface area contributed by atoms with Crippen LogP contribution in [0.3, 0.4) is 0 Å². The Labute approximate surface area is 230 Å². The highest BCUT2D eigenvalue weighted by atomic mass is 32.2. The molecule has 0 aliphatic carbocycles. The van der Waals surface area contributed by atoms with Gasteiger partial charge in [0.1, 0.15) is 11.3 Å². The van der Waals surface area contributed by atoms with Crippen molar-refractivity contribution in [2.75, 3.05) is 0 Å². The Bertz CT molecular complexity index is 1850. The van der Waals surface area contributed by atoms with Crippen molar-refractivity contribution in [3.63, 3.8) is 0 Å².